The molecule has 0 aromatic carbocycles. The Morgan fingerprint density at radius 2 is 2.33 bits per heavy atom. The molecule has 15 heavy (non-hydrogen) atoms. The van der Waals surface area contributed by atoms with E-state index in [9.17, 15) is 0 Å². The third kappa shape index (κ3) is 4.49. The number of nitrogens with two attached hydrogens (primary N) is 1. The Balaban J connectivity index is 2.32. The predicted octanol–water partition coefficient (Wildman–Crippen LogP) is 2.07. The summed E-state index contributed by atoms with van der Waals surface area (Å²) in [6, 6.07) is 0.437. The molecule has 1 saturated heterocycles. The van der Waals surface area contributed by atoms with Gasteiger partial charge in [-0.2, -0.15) is 0 Å². The highest BCUT2D eigenvalue weighted by molar-refractivity contribution is 4.78. The van der Waals surface area contributed by atoms with Crippen LogP contribution in [0.25, 0.3) is 0 Å². The summed E-state index contributed by atoms with van der Waals surface area (Å²) in [5, 5.41) is 0. The van der Waals surface area contributed by atoms with Crippen molar-refractivity contribution < 1.29 is 4.74 Å². The van der Waals surface area contributed by atoms with Crippen LogP contribution in [0, 0.1) is 11.8 Å². The zero-order valence-electron chi connectivity index (χ0n) is 10.2. The van der Waals surface area contributed by atoms with E-state index in [1.54, 1.807) is 0 Å². The van der Waals surface area contributed by atoms with Crippen molar-refractivity contribution in [3.8, 4) is 0 Å². The summed E-state index contributed by atoms with van der Waals surface area (Å²) in [7, 11) is 0. The molecule has 1 heterocycles. The predicted molar refractivity (Wildman–Crippen MR) is 63.3 cm³/mol. The molecular formula is C12H26N2O. The first-order chi connectivity index (χ1) is 7.27. The highest BCUT2D eigenvalue weighted by Crippen LogP contribution is 2.23. The van der Waals surface area contributed by atoms with E-state index in [0.29, 0.717) is 12.0 Å². The number of nitrogens with one attached hydrogen (secondary N) is 1. The fourth-order valence-electron chi connectivity index (χ4n) is 2.52. The number of hydrogen-bond acceptors (Lipinski definition) is 3. The summed E-state index contributed by atoms with van der Waals surface area (Å²) < 4.78 is 5.51. The first-order valence-electron chi connectivity index (χ1n) is 6.31. The lowest BCUT2D eigenvalue weighted by Gasteiger charge is -2.31. The zero-order chi connectivity index (χ0) is 11.1. The quantitative estimate of drug-likeness (QED) is 0.525. The molecule has 1 fully saturated rings. The van der Waals surface area contributed by atoms with Gasteiger partial charge >= 0.3 is 0 Å². The normalized spacial score (nSPS) is 26.2. The van der Waals surface area contributed by atoms with Crippen LogP contribution in [-0.2, 0) is 4.74 Å². The van der Waals surface area contributed by atoms with Crippen LogP contribution in [0.4, 0.5) is 0 Å². The number of rotatable bonds is 6. The monoisotopic (exact) mass is 214 g/mol. The minimum Gasteiger partial charge on any atom is -0.381 e. The highest BCUT2D eigenvalue weighted by atomic mass is 16.5. The van der Waals surface area contributed by atoms with Crippen LogP contribution < -0.4 is 11.3 Å². The van der Waals surface area contributed by atoms with Gasteiger partial charge in [0.1, 0.15) is 0 Å². The van der Waals surface area contributed by atoms with Gasteiger partial charge in [-0.15, -0.1) is 0 Å². The molecule has 3 atom stereocenters. The van der Waals surface area contributed by atoms with Gasteiger partial charge < -0.3 is 4.74 Å². The van der Waals surface area contributed by atoms with Crippen molar-refractivity contribution in [3.63, 3.8) is 0 Å². The second kappa shape index (κ2) is 7.20. The molecule has 0 saturated carbocycles. The molecule has 3 nitrogen and oxygen atoms in total. The lowest BCUT2D eigenvalue weighted by atomic mass is 9.86. The van der Waals surface area contributed by atoms with Gasteiger partial charge in [-0.3, -0.25) is 11.3 Å². The molecule has 0 amide bonds. The Labute approximate surface area is 93.7 Å². The molecule has 1 rings (SSSR count). The summed E-state index contributed by atoms with van der Waals surface area (Å²) in [6.45, 7) is 6.37. The van der Waals surface area contributed by atoms with Gasteiger partial charge in [0.2, 0.25) is 0 Å². The molecule has 3 heteroatoms. The maximum atomic E-state index is 5.64. The van der Waals surface area contributed by atoms with E-state index < -0.39 is 0 Å². The third-order valence-electron chi connectivity index (χ3n) is 3.42. The lowest BCUT2D eigenvalue weighted by Crippen LogP contribution is -2.44. The van der Waals surface area contributed by atoms with Gasteiger partial charge in [0, 0.05) is 12.6 Å². The molecule has 90 valence electrons. The van der Waals surface area contributed by atoms with Gasteiger partial charge in [0.05, 0.1) is 6.61 Å². The van der Waals surface area contributed by atoms with Crippen molar-refractivity contribution in [1.29, 1.82) is 0 Å². The SMILES string of the molecule is CCCC(C)CC(NN)C1CCCOC1. The van der Waals surface area contributed by atoms with Crippen LogP contribution >= 0.6 is 0 Å². The number of hydrogen-bond donors (Lipinski definition) is 2. The molecule has 0 aromatic heterocycles. The lowest BCUT2D eigenvalue weighted by molar-refractivity contribution is 0.0354. The maximum Gasteiger partial charge on any atom is 0.0509 e. The van der Waals surface area contributed by atoms with E-state index in [-0.39, 0.29) is 0 Å². The summed E-state index contributed by atoms with van der Waals surface area (Å²) in [4.78, 5) is 0. The molecule has 0 aliphatic carbocycles. The van der Waals surface area contributed by atoms with Crippen molar-refractivity contribution in [2.75, 3.05) is 13.2 Å². The Morgan fingerprint density at radius 1 is 1.53 bits per heavy atom. The Bertz CT molecular complexity index is 158. The first kappa shape index (κ1) is 12.9. The first-order valence-corrected chi connectivity index (χ1v) is 6.31. The number of ether oxygens (including phenoxy) is 1. The standard InChI is InChI=1S/C12H26N2O/c1-3-5-10(2)8-12(14-13)11-6-4-7-15-9-11/h10-12,14H,3-9,13H2,1-2H3. The van der Waals surface area contributed by atoms with Gasteiger partial charge in [0.15, 0.2) is 0 Å². The Kier molecular flexibility index (Phi) is 6.22. The van der Waals surface area contributed by atoms with Gasteiger partial charge in [-0.05, 0) is 31.1 Å². The van der Waals surface area contributed by atoms with E-state index in [0.717, 1.165) is 19.1 Å². The van der Waals surface area contributed by atoms with Gasteiger partial charge in [-0.1, -0.05) is 26.7 Å². The average molecular weight is 214 g/mol. The third-order valence-corrected chi connectivity index (χ3v) is 3.42. The maximum absolute atomic E-state index is 5.64. The van der Waals surface area contributed by atoms with E-state index in [2.05, 4.69) is 19.3 Å². The van der Waals surface area contributed by atoms with Crippen LogP contribution in [0.5, 0.6) is 0 Å². The van der Waals surface area contributed by atoms with Gasteiger partial charge in [-0.25, -0.2) is 0 Å². The molecule has 3 unspecified atom stereocenters. The zero-order valence-corrected chi connectivity index (χ0v) is 10.2. The molecule has 0 bridgehead atoms. The molecule has 0 aromatic rings. The van der Waals surface area contributed by atoms with Crippen LogP contribution in [0.15, 0.2) is 0 Å². The molecule has 0 spiro atoms. The Hall–Kier alpha value is -0.120. The van der Waals surface area contributed by atoms with E-state index in [1.165, 1.54) is 32.1 Å². The van der Waals surface area contributed by atoms with Crippen molar-refractivity contribution in [1.82, 2.24) is 5.43 Å². The fourth-order valence-corrected chi connectivity index (χ4v) is 2.52. The fraction of sp³-hybridized carbons (Fsp3) is 1.00. The average Bonchev–Trinajstić information content (AvgIpc) is 2.27. The molecule has 3 N–H and O–H groups in total. The minimum atomic E-state index is 0.437. The van der Waals surface area contributed by atoms with Crippen molar-refractivity contribution in [3.05, 3.63) is 0 Å². The summed E-state index contributed by atoms with van der Waals surface area (Å²) in [5.41, 5.74) is 2.98. The van der Waals surface area contributed by atoms with E-state index in [4.69, 9.17) is 10.6 Å². The topological polar surface area (TPSA) is 47.3 Å². The van der Waals surface area contributed by atoms with E-state index >= 15 is 0 Å². The highest BCUT2D eigenvalue weighted by Gasteiger charge is 2.24. The van der Waals surface area contributed by atoms with E-state index in [1.807, 2.05) is 0 Å². The number of hydrazine groups is 1. The molecule has 1 aliphatic rings. The van der Waals surface area contributed by atoms with Crippen LogP contribution in [-0.4, -0.2) is 19.3 Å². The Morgan fingerprint density at radius 3 is 2.87 bits per heavy atom. The molecule has 1 aliphatic heterocycles. The van der Waals surface area contributed by atoms with Gasteiger partial charge in [0.25, 0.3) is 0 Å². The van der Waals surface area contributed by atoms with Crippen molar-refractivity contribution in [2.24, 2.45) is 17.7 Å². The largest absolute Gasteiger partial charge is 0.381 e. The summed E-state index contributed by atoms with van der Waals surface area (Å²) >= 11 is 0. The molecular weight excluding hydrogens is 188 g/mol. The summed E-state index contributed by atoms with van der Waals surface area (Å²) in [5.74, 6) is 7.02. The van der Waals surface area contributed by atoms with Crippen LogP contribution in [0.1, 0.15) is 46.0 Å². The second-order valence-electron chi connectivity index (χ2n) is 4.88. The minimum absolute atomic E-state index is 0.437. The van der Waals surface area contributed by atoms with Crippen LogP contribution in [0.3, 0.4) is 0 Å². The molecule has 0 radical (unpaired) electrons. The van der Waals surface area contributed by atoms with Crippen molar-refractivity contribution >= 4 is 0 Å². The second-order valence-corrected chi connectivity index (χ2v) is 4.88. The summed E-state index contributed by atoms with van der Waals surface area (Å²) in [6.07, 6.45) is 6.18. The van der Waals surface area contributed by atoms with Crippen molar-refractivity contribution in [2.45, 2.75) is 52.0 Å². The smallest absolute Gasteiger partial charge is 0.0509 e. The van der Waals surface area contributed by atoms with Crippen LogP contribution in [0.2, 0.25) is 0 Å².